The molecule has 0 aromatic heterocycles. The van der Waals surface area contributed by atoms with Gasteiger partial charge in [0.05, 0.1) is 23.8 Å². The van der Waals surface area contributed by atoms with Crippen LogP contribution in [0, 0.1) is 5.92 Å². The lowest BCUT2D eigenvalue weighted by Gasteiger charge is -2.41. The lowest BCUT2D eigenvalue weighted by atomic mass is 9.84. The maximum atomic E-state index is 13.8. The predicted molar refractivity (Wildman–Crippen MR) is 124 cm³/mol. The summed E-state index contributed by atoms with van der Waals surface area (Å²) in [5.41, 5.74) is -0.881. The molecule has 0 radical (unpaired) electrons. The van der Waals surface area contributed by atoms with E-state index in [4.69, 9.17) is 4.74 Å². The zero-order valence-corrected chi connectivity index (χ0v) is 20.4. The molecule has 3 aliphatic rings. The Kier molecular flexibility index (Phi) is 7.58. The molecule has 1 N–H and O–H groups in total. The molecule has 1 atom stereocenters. The van der Waals surface area contributed by atoms with E-state index in [1.165, 1.54) is 30.1 Å². The molecule has 0 bridgehead atoms. The summed E-state index contributed by atoms with van der Waals surface area (Å²) in [6.07, 6.45) is -1.74. The van der Waals surface area contributed by atoms with Gasteiger partial charge in [-0.3, -0.25) is 14.6 Å². The minimum Gasteiger partial charge on any atom is -0.463 e. The van der Waals surface area contributed by atoms with Gasteiger partial charge in [0.15, 0.2) is 0 Å². The number of piperazine rings is 1. The molecule has 2 aliphatic heterocycles. The fraction of sp³-hybridized carbons (Fsp3) is 0.560. The van der Waals surface area contributed by atoms with Crippen LogP contribution in [-0.4, -0.2) is 79.0 Å². The molecule has 1 saturated carbocycles. The molecule has 0 spiro atoms. The predicted octanol–water partition coefficient (Wildman–Crippen LogP) is 3.16. The Hall–Kier alpha value is -3.08. The lowest BCUT2D eigenvalue weighted by molar-refractivity contribution is -0.141. The Morgan fingerprint density at radius 1 is 1.11 bits per heavy atom. The van der Waals surface area contributed by atoms with Crippen LogP contribution >= 0.6 is 0 Å². The van der Waals surface area contributed by atoms with Crippen molar-refractivity contribution in [3.8, 4) is 0 Å². The van der Waals surface area contributed by atoms with E-state index in [-0.39, 0.29) is 41.8 Å². The molecule has 1 unspecified atom stereocenters. The number of nitrogens with zero attached hydrogens (tertiary/aromatic N) is 3. The Bertz CT molecular complexity index is 1050. The Balaban J connectivity index is 1.64. The summed E-state index contributed by atoms with van der Waals surface area (Å²) in [5, 5.41) is 2.56. The van der Waals surface area contributed by atoms with Gasteiger partial charge in [0.1, 0.15) is 0 Å². The standard InChI is InChI=1S/C25H31F3N4O4/c1-3-36-23(34)20-19(15-31-11-13-32(14-12-31)22(33)16-7-6-8-16)30(2)24(35)29-21(20)17-9-4-5-10-18(17)25(26,27)28/h4-5,9-10,16,21H,3,6-8,11-15H2,1-2H3,(H,29,35). The van der Waals surface area contributed by atoms with E-state index in [9.17, 15) is 27.6 Å². The summed E-state index contributed by atoms with van der Waals surface area (Å²) in [5.74, 6) is -0.497. The van der Waals surface area contributed by atoms with Crippen LogP contribution in [0.15, 0.2) is 35.5 Å². The summed E-state index contributed by atoms with van der Waals surface area (Å²) in [6, 6.07) is 2.97. The molecule has 8 nitrogen and oxygen atoms in total. The second-order valence-corrected chi connectivity index (χ2v) is 9.34. The third-order valence-electron chi connectivity index (χ3n) is 7.16. The Morgan fingerprint density at radius 2 is 1.78 bits per heavy atom. The summed E-state index contributed by atoms with van der Waals surface area (Å²) >= 11 is 0. The Labute approximate surface area is 208 Å². The fourth-order valence-electron chi connectivity index (χ4n) is 4.89. The van der Waals surface area contributed by atoms with Gasteiger partial charge < -0.3 is 15.0 Å². The lowest BCUT2D eigenvalue weighted by Crippen LogP contribution is -2.54. The van der Waals surface area contributed by atoms with Crippen molar-refractivity contribution in [2.24, 2.45) is 5.92 Å². The van der Waals surface area contributed by atoms with Crippen molar-refractivity contribution in [2.75, 3.05) is 46.4 Å². The third-order valence-corrected chi connectivity index (χ3v) is 7.16. The molecule has 1 aromatic rings. The zero-order chi connectivity index (χ0) is 26.0. The van der Waals surface area contributed by atoms with Gasteiger partial charge in [-0.1, -0.05) is 24.6 Å². The maximum Gasteiger partial charge on any atom is 0.416 e. The van der Waals surface area contributed by atoms with Crippen molar-refractivity contribution >= 4 is 17.9 Å². The highest BCUT2D eigenvalue weighted by molar-refractivity contribution is 5.95. The van der Waals surface area contributed by atoms with Gasteiger partial charge in [0.25, 0.3) is 0 Å². The number of likely N-dealkylation sites (N-methyl/N-ethyl adjacent to an activating group) is 1. The van der Waals surface area contributed by atoms with Gasteiger partial charge in [-0.05, 0) is 31.4 Å². The first-order valence-electron chi connectivity index (χ1n) is 12.2. The number of esters is 1. The van der Waals surface area contributed by atoms with Crippen LogP contribution in [-0.2, 0) is 20.5 Å². The molecule has 1 aromatic carbocycles. The zero-order valence-electron chi connectivity index (χ0n) is 20.4. The largest absolute Gasteiger partial charge is 0.463 e. The topological polar surface area (TPSA) is 82.2 Å². The number of urea groups is 1. The smallest absolute Gasteiger partial charge is 0.416 e. The van der Waals surface area contributed by atoms with Crippen LogP contribution < -0.4 is 5.32 Å². The van der Waals surface area contributed by atoms with Crippen LogP contribution in [0.3, 0.4) is 0 Å². The number of nitrogens with one attached hydrogen (secondary N) is 1. The highest BCUT2D eigenvalue weighted by Crippen LogP contribution is 2.39. The molecule has 1 aliphatic carbocycles. The molecule has 1 saturated heterocycles. The number of alkyl halides is 3. The van der Waals surface area contributed by atoms with Gasteiger partial charge >= 0.3 is 18.2 Å². The number of halogens is 3. The van der Waals surface area contributed by atoms with Crippen LogP contribution in [0.2, 0.25) is 0 Å². The highest BCUT2D eigenvalue weighted by atomic mass is 19.4. The van der Waals surface area contributed by atoms with E-state index >= 15 is 0 Å². The molecular formula is C25H31F3N4O4. The molecule has 4 rings (SSSR count). The summed E-state index contributed by atoms with van der Waals surface area (Å²) in [7, 11) is 1.48. The van der Waals surface area contributed by atoms with Crippen LogP contribution in [0.25, 0.3) is 0 Å². The minimum absolute atomic E-state index is 0.0244. The quantitative estimate of drug-likeness (QED) is 0.597. The number of amides is 3. The minimum atomic E-state index is -4.67. The number of hydrogen-bond donors (Lipinski definition) is 1. The number of benzene rings is 1. The monoisotopic (exact) mass is 508 g/mol. The van der Waals surface area contributed by atoms with Crippen LogP contribution in [0.1, 0.15) is 43.4 Å². The number of hydrogen-bond acceptors (Lipinski definition) is 5. The first kappa shape index (κ1) is 26.0. The second kappa shape index (κ2) is 10.5. The second-order valence-electron chi connectivity index (χ2n) is 9.34. The number of rotatable bonds is 6. The Morgan fingerprint density at radius 3 is 2.36 bits per heavy atom. The van der Waals surface area contributed by atoms with Gasteiger partial charge in [0.2, 0.25) is 5.91 Å². The normalized spacial score (nSPS) is 21.8. The van der Waals surface area contributed by atoms with Crippen molar-refractivity contribution in [1.29, 1.82) is 0 Å². The average Bonchev–Trinajstić information content (AvgIpc) is 2.80. The van der Waals surface area contributed by atoms with E-state index in [1.807, 2.05) is 9.80 Å². The SMILES string of the molecule is CCOC(=O)C1=C(CN2CCN(C(=O)C3CCC3)CC2)N(C)C(=O)NC1c1ccccc1C(F)(F)F. The average molecular weight is 509 g/mol. The third kappa shape index (κ3) is 5.21. The molecule has 36 heavy (non-hydrogen) atoms. The first-order chi connectivity index (χ1) is 17.1. The van der Waals surface area contributed by atoms with E-state index in [1.54, 1.807) is 6.92 Å². The number of carbonyl (C=O) groups is 3. The van der Waals surface area contributed by atoms with Gasteiger partial charge in [-0.15, -0.1) is 0 Å². The molecule has 2 heterocycles. The maximum absolute atomic E-state index is 13.8. The number of ether oxygens (including phenoxy) is 1. The molecule has 3 amide bonds. The molecule has 11 heteroatoms. The van der Waals surface area contributed by atoms with Gasteiger partial charge in [-0.2, -0.15) is 13.2 Å². The van der Waals surface area contributed by atoms with Crippen molar-refractivity contribution in [2.45, 2.75) is 38.4 Å². The molecular weight excluding hydrogens is 477 g/mol. The first-order valence-corrected chi connectivity index (χ1v) is 12.2. The van der Waals surface area contributed by atoms with E-state index in [0.717, 1.165) is 25.3 Å². The van der Waals surface area contributed by atoms with E-state index in [0.29, 0.717) is 26.2 Å². The van der Waals surface area contributed by atoms with Crippen molar-refractivity contribution in [3.05, 3.63) is 46.7 Å². The van der Waals surface area contributed by atoms with Gasteiger partial charge in [0, 0.05) is 51.4 Å². The van der Waals surface area contributed by atoms with Crippen LogP contribution in [0.4, 0.5) is 18.0 Å². The summed E-state index contributed by atoms with van der Waals surface area (Å²) < 4.78 is 46.7. The molecule has 2 fully saturated rings. The van der Waals surface area contributed by atoms with E-state index in [2.05, 4.69) is 5.32 Å². The fourth-order valence-corrected chi connectivity index (χ4v) is 4.89. The number of carbonyl (C=O) groups excluding carboxylic acids is 3. The summed E-state index contributed by atoms with van der Waals surface area (Å²) in [6.45, 7) is 3.90. The van der Waals surface area contributed by atoms with Gasteiger partial charge in [-0.25, -0.2) is 9.59 Å². The van der Waals surface area contributed by atoms with Crippen molar-refractivity contribution < 1.29 is 32.3 Å². The van der Waals surface area contributed by atoms with Crippen molar-refractivity contribution in [1.82, 2.24) is 20.0 Å². The van der Waals surface area contributed by atoms with E-state index < -0.39 is 29.8 Å². The highest BCUT2D eigenvalue weighted by Gasteiger charge is 2.42. The molecule has 196 valence electrons. The van der Waals surface area contributed by atoms with Crippen LogP contribution in [0.5, 0.6) is 0 Å². The summed E-state index contributed by atoms with van der Waals surface area (Å²) in [4.78, 5) is 43.6. The van der Waals surface area contributed by atoms with Crippen molar-refractivity contribution in [3.63, 3.8) is 0 Å².